The van der Waals surface area contributed by atoms with Crippen molar-refractivity contribution >= 4 is 27.5 Å². The van der Waals surface area contributed by atoms with Crippen LogP contribution in [0.1, 0.15) is 16.8 Å². The third-order valence-corrected chi connectivity index (χ3v) is 5.67. The Morgan fingerprint density at radius 3 is 2.68 bits per heavy atom. The van der Waals surface area contributed by atoms with Crippen molar-refractivity contribution in [2.45, 2.75) is 12.8 Å². The summed E-state index contributed by atoms with van der Waals surface area (Å²) in [6, 6.07) is 12.8. The molecule has 0 aliphatic rings. The number of nitrogens with zero attached hydrogens (tertiary/aromatic N) is 5. The maximum atomic E-state index is 15.3. The van der Waals surface area contributed by atoms with Gasteiger partial charge in [0.05, 0.1) is 22.3 Å². The van der Waals surface area contributed by atoms with Crippen LogP contribution in [0.3, 0.4) is 0 Å². The first-order chi connectivity index (χ1) is 15.1. The molecule has 10 heteroatoms. The van der Waals surface area contributed by atoms with Gasteiger partial charge in [0.15, 0.2) is 0 Å². The van der Waals surface area contributed by atoms with Crippen LogP contribution in [0.2, 0.25) is 0 Å². The van der Waals surface area contributed by atoms with Gasteiger partial charge in [-0.25, -0.2) is 14.1 Å². The highest BCUT2D eigenvalue weighted by Crippen LogP contribution is 2.33. The van der Waals surface area contributed by atoms with Gasteiger partial charge in [-0.2, -0.15) is 5.10 Å². The first-order valence-electron chi connectivity index (χ1n) is 9.28. The van der Waals surface area contributed by atoms with Gasteiger partial charge in [-0.15, -0.1) is 21.5 Å². The van der Waals surface area contributed by atoms with E-state index in [2.05, 4.69) is 20.3 Å². The Labute approximate surface area is 178 Å². The smallest absolute Gasteiger partial charge is 0.312 e. The Morgan fingerprint density at radius 1 is 1.13 bits per heavy atom. The number of aliphatic carboxylic acids is 1. The van der Waals surface area contributed by atoms with Gasteiger partial charge in [-0.1, -0.05) is 12.1 Å². The summed E-state index contributed by atoms with van der Waals surface area (Å²) >= 11 is 1.21. The average molecular weight is 435 g/mol. The summed E-state index contributed by atoms with van der Waals surface area (Å²) in [6.07, 6.45) is 3.40. The SMILES string of the molecule is O=C(O)Cc1nnc(Cc2nc3ccc(-c4ccc(-n5cccn5)cc4)c(F)c3s2)o1. The number of fused-ring (bicyclic) bond motifs is 1. The second-order valence-corrected chi connectivity index (χ2v) is 7.80. The normalized spacial score (nSPS) is 11.3. The van der Waals surface area contributed by atoms with E-state index in [-0.39, 0.29) is 30.4 Å². The quantitative estimate of drug-likeness (QED) is 0.431. The predicted molar refractivity (Wildman–Crippen MR) is 111 cm³/mol. The number of aromatic nitrogens is 5. The molecule has 0 saturated heterocycles. The molecule has 0 unspecified atom stereocenters. The van der Waals surface area contributed by atoms with Crippen LogP contribution in [0.25, 0.3) is 27.0 Å². The number of carbonyl (C=O) groups is 1. The van der Waals surface area contributed by atoms with Crippen molar-refractivity contribution < 1.29 is 18.7 Å². The molecule has 5 rings (SSSR count). The highest BCUT2D eigenvalue weighted by Gasteiger charge is 2.16. The molecule has 8 nitrogen and oxygen atoms in total. The molecule has 0 saturated carbocycles. The number of halogens is 1. The van der Waals surface area contributed by atoms with Crippen LogP contribution in [-0.4, -0.2) is 36.0 Å². The second-order valence-electron chi connectivity index (χ2n) is 6.72. The molecule has 0 aliphatic heterocycles. The van der Waals surface area contributed by atoms with Gasteiger partial charge in [0.2, 0.25) is 11.8 Å². The molecule has 2 aromatic carbocycles. The molecular formula is C21H14FN5O3S. The van der Waals surface area contributed by atoms with Crippen LogP contribution in [0.4, 0.5) is 4.39 Å². The summed E-state index contributed by atoms with van der Waals surface area (Å²) in [5.74, 6) is -1.13. The lowest BCUT2D eigenvalue weighted by atomic mass is 10.0. The van der Waals surface area contributed by atoms with Crippen molar-refractivity contribution in [3.8, 4) is 16.8 Å². The Morgan fingerprint density at radius 2 is 1.94 bits per heavy atom. The molecule has 154 valence electrons. The second kappa shape index (κ2) is 7.73. The Balaban J connectivity index is 1.42. The predicted octanol–water partition coefficient (Wildman–Crippen LogP) is 3.89. The molecule has 0 spiro atoms. The standard InChI is InChI=1S/C21H14FN5O3S/c22-20-14(12-2-4-13(5-3-12)27-9-1-8-23-27)6-7-15-21(20)31-18(24-15)10-16-25-26-17(30-16)11-19(28)29/h1-9H,10-11H2,(H,28,29). The fourth-order valence-corrected chi connectivity index (χ4v) is 4.20. The average Bonchev–Trinajstić information content (AvgIpc) is 3.50. The van der Waals surface area contributed by atoms with Gasteiger partial charge in [0.25, 0.3) is 0 Å². The molecule has 0 fully saturated rings. The highest BCUT2D eigenvalue weighted by atomic mass is 32.1. The van der Waals surface area contributed by atoms with Gasteiger partial charge >= 0.3 is 5.97 Å². The van der Waals surface area contributed by atoms with Crippen molar-refractivity contribution in [1.82, 2.24) is 25.0 Å². The van der Waals surface area contributed by atoms with Crippen LogP contribution in [0.5, 0.6) is 0 Å². The van der Waals surface area contributed by atoms with E-state index < -0.39 is 5.97 Å². The summed E-state index contributed by atoms with van der Waals surface area (Å²) in [7, 11) is 0. The first-order valence-corrected chi connectivity index (χ1v) is 10.1. The topological polar surface area (TPSA) is 107 Å². The van der Waals surface area contributed by atoms with Crippen molar-refractivity contribution in [2.75, 3.05) is 0 Å². The molecule has 0 amide bonds. The molecule has 3 heterocycles. The molecular weight excluding hydrogens is 421 g/mol. The van der Waals surface area contributed by atoms with E-state index in [9.17, 15) is 4.79 Å². The van der Waals surface area contributed by atoms with Crippen LogP contribution in [0.15, 0.2) is 59.3 Å². The summed E-state index contributed by atoms with van der Waals surface area (Å²) in [6.45, 7) is 0. The number of benzene rings is 2. The van der Waals surface area contributed by atoms with E-state index in [1.165, 1.54) is 11.3 Å². The number of hydrogen-bond acceptors (Lipinski definition) is 7. The van der Waals surface area contributed by atoms with Gasteiger partial charge in [0.1, 0.15) is 17.2 Å². The minimum absolute atomic E-state index is 0.0237. The minimum atomic E-state index is -1.05. The molecule has 0 bridgehead atoms. The number of carboxylic acids is 1. The highest BCUT2D eigenvalue weighted by molar-refractivity contribution is 7.18. The Hall–Kier alpha value is -3.92. The molecule has 5 aromatic rings. The van der Waals surface area contributed by atoms with Crippen LogP contribution >= 0.6 is 11.3 Å². The van der Waals surface area contributed by atoms with Gasteiger partial charge < -0.3 is 9.52 Å². The van der Waals surface area contributed by atoms with E-state index in [1.54, 1.807) is 23.0 Å². The monoisotopic (exact) mass is 435 g/mol. The molecule has 31 heavy (non-hydrogen) atoms. The molecule has 0 aliphatic carbocycles. The van der Waals surface area contributed by atoms with Gasteiger partial charge in [-0.05, 0) is 35.9 Å². The largest absolute Gasteiger partial charge is 0.481 e. The van der Waals surface area contributed by atoms with Gasteiger partial charge in [-0.3, -0.25) is 4.79 Å². The van der Waals surface area contributed by atoms with Crippen molar-refractivity contribution in [3.05, 3.63) is 77.5 Å². The first kappa shape index (κ1) is 19.1. The number of hydrogen-bond donors (Lipinski definition) is 1. The third kappa shape index (κ3) is 3.80. The van der Waals surface area contributed by atoms with E-state index >= 15 is 4.39 Å². The zero-order chi connectivity index (χ0) is 21.4. The van der Waals surface area contributed by atoms with Gasteiger partial charge in [0, 0.05) is 18.0 Å². The fourth-order valence-electron chi connectivity index (χ4n) is 3.21. The lowest BCUT2D eigenvalue weighted by Gasteiger charge is -2.06. The van der Waals surface area contributed by atoms with E-state index in [0.717, 1.165) is 11.3 Å². The van der Waals surface area contributed by atoms with Crippen molar-refractivity contribution in [1.29, 1.82) is 0 Å². The Kier molecular flexibility index (Phi) is 4.75. The maximum Gasteiger partial charge on any atom is 0.312 e. The minimum Gasteiger partial charge on any atom is -0.481 e. The summed E-state index contributed by atoms with van der Waals surface area (Å²) in [4.78, 5) is 15.2. The summed E-state index contributed by atoms with van der Waals surface area (Å²) < 4.78 is 22.8. The molecule has 3 aromatic heterocycles. The zero-order valence-corrected chi connectivity index (χ0v) is 16.7. The summed E-state index contributed by atoms with van der Waals surface area (Å²) in [5.41, 5.74) is 2.66. The van der Waals surface area contributed by atoms with Crippen LogP contribution < -0.4 is 0 Å². The maximum absolute atomic E-state index is 15.3. The third-order valence-electron chi connectivity index (χ3n) is 4.60. The van der Waals surface area contributed by atoms with Crippen LogP contribution in [0, 0.1) is 5.82 Å². The zero-order valence-electron chi connectivity index (χ0n) is 15.9. The van der Waals surface area contributed by atoms with Crippen LogP contribution in [-0.2, 0) is 17.6 Å². The lowest BCUT2D eigenvalue weighted by Crippen LogP contribution is -1.99. The van der Waals surface area contributed by atoms with Crippen molar-refractivity contribution in [2.24, 2.45) is 0 Å². The molecule has 0 atom stereocenters. The fraction of sp³-hybridized carbons (Fsp3) is 0.0952. The Bertz CT molecular complexity index is 1380. The number of rotatable bonds is 6. The lowest BCUT2D eigenvalue weighted by molar-refractivity contribution is -0.136. The number of thiazole rings is 1. The molecule has 0 radical (unpaired) electrons. The van der Waals surface area contributed by atoms with Crippen molar-refractivity contribution in [3.63, 3.8) is 0 Å². The number of carboxylic acid groups (broad SMARTS) is 1. The van der Waals surface area contributed by atoms with E-state index in [4.69, 9.17) is 9.52 Å². The molecule has 1 N–H and O–H groups in total. The summed E-state index contributed by atoms with van der Waals surface area (Å²) in [5, 5.41) is 21.1. The van der Waals surface area contributed by atoms with E-state index in [0.29, 0.717) is 20.8 Å². The van der Waals surface area contributed by atoms with E-state index in [1.807, 2.05) is 36.5 Å².